The van der Waals surface area contributed by atoms with Crippen molar-refractivity contribution in [2.75, 3.05) is 6.54 Å². The quantitative estimate of drug-likeness (QED) is 0.589. The average molecular weight is 376 g/mol. The van der Waals surface area contributed by atoms with Crippen LogP contribution in [-0.4, -0.2) is 34.7 Å². The van der Waals surface area contributed by atoms with E-state index in [2.05, 4.69) is 6.07 Å². The Morgan fingerprint density at radius 2 is 1.82 bits per heavy atom. The van der Waals surface area contributed by atoms with Crippen LogP contribution in [0.2, 0.25) is 0 Å². The molecule has 0 radical (unpaired) electrons. The minimum Gasteiger partial charge on any atom is -0.363 e. The summed E-state index contributed by atoms with van der Waals surface area (Å²) in [6, 6.07) is 17.5. The second-order valence-corrected chi connectivity index (χ2v) is 7.16. The summed E-state index contributed by atoms with van der Waals surface area (Å²) in [6.45, 7) is 0.719. The SMILES string of the molecule is N#Cc1cccc(C[N+]2([C@@H](Cc3ccccc3)C(=O)C(N)=O)CCCC2=O)c1. The Morgan fingerprint density at radius 1 is 1.11 bits per heavy atom. The van der Waals surface area contributed by atoms with Gasteiger partial charge in [0.15, 0.2) is 6.04 Å². The zero-order chi connectivity index (χ0) is 20.1. The topological polar surface area (TPSA) is 101 Å². The predicted molar refractivity (Wildman–Crippen MR) is 102 cm³/mol. The number of benzene rings is 2. The number of hydrogen-bond acceptors (Lipinski definition) is 4. The van der Waals surface area contributed by atoms with Gasteiger partial charge in [-0.1, -0.05) is 42.5 Å². The van der Waals surface area contributed by atoms with Gasteiger partial charge in [-0.3, -0.25) is 9.59 Å². The van der Waals surface area contributed by atoms with E-state index >= 15 is 0 Å². The van der Waals surface area contributed by atoms with E-state index in [4.69, 9.17) is 11.0 Å². The van der Waals surface area contributed by atoms with Crippen molar-refractivity contribution in [2.45, 2.75) is 31.8 Å². The van der Waals surface area contributed by atoms with Crippen molar-refractivity contribution in [2.24, 2.45) is 5.73 Å². The molecule has 0 aliphatic carbocycles. The van der Waals surface area contributed by atoms with Gasteiger partial charge in [-0.25, -0.2) is 9.28 Å². The molecule has 6 nitrogen and oxygen atoms in total. The van der Waals surface area contributed by atoms with E-state index < -0.39 is 17.7 Å². The zero-order valence-corrected chi connectivity index (χ0v) is 15.5. The smallest absolute Gasteiger partial charge is 0.314 e. The molecule has 2 aromatic rings. The molecule has 2 atom stereocenters. The highest BCUT2D eigenvalue weighted by Gasteiger charge is 2.51. The molecule has 28 heavy (non-hydrogen) atoms. The van der Waals surface area contributed by atoms with Crippen LogP contribution in [0.3, 0.4) is 0 Å². The highest BCUT2D eigenvalue weighted by atomic mass is 16.2. The fraction of sp³-hybridized carbons (Fsp3) is 0.273. The molecule has 2 aromatic carbocycles. The Bertz CT molecular complexity index is 949. The highest BCUT2D eigenvalue weighted by Crippen LogP contribution is 2.31. The summed E-state index contributed by atoms with van der Waals surface area (Å²) in [6.07, 6.45) is 1.26. The summed E-state index contributed by atoms with van der Waals surface area (Å²) in [5, 5.41) is 9.17. The minimum atomic E-state index is -1.02. The molecule has 2 amide bonds. The van der Waals surface area contributed by atoms with Gasteiger partial charge in [-0.05, 0) is 17.7 Å². The Balaban J connectivity index is 2.04. The molecule has 0 saturated carbocycles. The molecule has 3 rings (SSSR count). The van der Waals surface area contributed by atoms with Crippen LogP contribution in [0, 0.1) is 11.3 Å². The lowest BCUT2D eigenvalue weighted by molar-refractivity contribution is -0.875. The van der Waals surface area contributed by atoms with Crippen LogP contribution < -0.4 is 5.73 Å². The number of quaternary nitrogens is 1. The third-order valence-electron chi connectivity index (χ3n) is 5.38. The summed E-state index contributed by atoms with van der Waals surface area (Å²) in [5.74, 6) is -1.82. The standard InChI is InChI=1S/C22H21N3O3/c23-14-17-8-4-9-18(12-17)15-25(11-5-10-20(25)26)19(21(27)22(24)28)13-16-6-2-1-3-7-16/h1-4,6-9,12,19H,5,10-11,13,15H2,(H-,24,28)/p+1/t19-,25?/m0/s1. The molecule has 1 fully saturated rings. The average Bonchev–Trinajstić information content (AvgIpc) is 3.07. The van der Waals surface area contributed by atoms with Crippen LogP contribution in [0.4, 0.5) is 0 Å². The van der Waals surface area contributed by atoms with Crippen LogP contribution >= 0.6 is 0 Å². The number of rotatable bonds is 7. The van der Waals surface area contributed by atoms with Gasteiger partial charge in [-0.15, -0.1) is 0 Å². The van der Waals surface area contributed by atoms with Crippen molar-refractivity contribution >= 4 is 17.6 Å². The molecule has 0 aromatic heterocycles. The van der Waals surface area contributed by atoms with Gasteiger partial charge in [0.1, 0.15) is 6.54 Å². The maximum Gasteiger partial charge on any atom is 0.314 e. The van der Waals surface area contributed by atoms with Crippen LogP contribution in [0.5, 0.6) is 0 Å². The number of nitrogens with zero attached hydrogens (tertiary/aromatic N) is 2. The van der Waals surface area contributed by atoms with Crippen LogP contribution in [-0.2, 0) is 27.3 Å². The number of nitriles is 1. The van der Waals surface area contributed by atoms with E-state index in [0.29, 0.717) is 24.9 Å². The van der Waals surface area contributed by atoms with Crippen LogP contribution in [0.1, 0.15) is 29.5 Å². The zero-order valence-electron chi connectivity index (χ0n) is 15.5. The second kappa shape index (κ2) is 8.15. The number of nitrogens with two attached hydrogens (primary N) is 1. The molecule has 1 aliphatic heterocycles. The first-order valence-corrected chi connectivity index (χ1v) is 9.23. The number of amides is 2. The number of likely N-dealkylation sites (tertiary alicyclic amines) is 1. The maximum atomic E-state index is 13.0. The Hall–Kier alpha value is -3.30. The Morgan fingerprint density at radius 3 is 2.43 bits per heavy atom. The molecule has 142 valence electrons. The van der Waals surface area contributed by atoms with Gasteiger partial charge in [0.25, 0.3) is 11.7 Å². The van der Waals surface area contributed by atoms with Crippen molar-refractivity contribution in [3.63, 3.8) is 0 Å². The third kappa shape index (κ3) is 3.85. The molecule has 1 saturated heterocycles. The number of hydrogen-bond donors (Lipinski definition) is 1. The van der Waals surface area contributed by atoms with Gasteiger partial charge in [0, 0.05) is 18.4 Å². The molecule has 0 spiro atoms. The molecule has 2 N–H and O–H groups in total. The Labute approximate surface area is 163 Å². The summed E-state index contributed by atoms with van der Waals surface area (Å²) in [7, 11) is 0. The summed E-state index contributed by atoms with van der Waals surface area (Å²) in [4.78, 5) is 37.6. The molecule has 1 heterocycles. The molecular formula is C22H22N3O3+. The van der Waals surface area contributed by atoms with Gasteiger partial charge >= 0.3 is 5.91 Å². The van der Waals surface area contributed by atoms with E-state index in [1.54, 1.807) is 18.2 Å². The fourth-order valence-corrected chi connectivity index (χ4v) is 4.03. The molecule has 0 bridgehead atoms. The summed E-state index contributed by atoms with van der Waals surface area (Å²) < 4.78 is -0.133. The highest BCUT2D eigenvalue weighted by molar-refractivity contribution is 6.37. The largest absolute Gasteiger partial charge is 0.363 e. The number of Topliss-reactive ketones (excluding diaryl/α,β-unsaturated/α-hetero) is 1. The van der Waals surface area contributed by atoms with Crippen molar-refractivity contribution in [1.82, 2.24) is 0 Å². The van der Waals surface area contributed by atoms with E-state index in [-0.39, 0.29) is 23.4 Å². The van der Waals surface area contributed by atoms with Crippen molar-refractivity contribution in [1.29, 1.82) is 5.26 Å². The second-order valence-electron chi connectivity index (χ2n) is 7.16. The normalized spacial score (nSPS) is 19.8. The monoisotopic (exact) mass is 376 g/mol. The van der Waals surface area contributed by atoms with E-state index in [1.165, 1.54) is 0 Å². The molecule has 1 unspecified atom stereocenters. The summed E-state index contributed by atoms with van der Waals surface area (Å²) >= 11 is 0. The third-order valence-corrected chi connectivity index (χ3v) is 5.38. The number of carbonyl (C=O) groups is 3. The van der Waals surface area contributed by atoms with Gasteiger partial charge in [0.05, 0.1) is 24.6 Å². The Kier molecular flexibility index (Phi) is 5.67. The van der Waals surface area contributed by atoms with Crippen molar-refractivity contribution < 1.29 is 18.9 Å². The number of ketones is 1. The van der Waals surface area contributed by atoms with Crippen LogP contribution in [0.25, 0.3) is 0 Å². The molecular weight excluding hydrogens is 354 g/mol. The predicted octanol–water partition coefficient (Wildman–Crippen LogP) is 1.86. The first-order valence-electron chi connectivity index (χ1n) is 9.23. The first kappa shape index (κ1) is 19.5. The molecule has 6 heteroatoms. The van der Waals surface area contributed by atoms with Gasteiger partial charge in [-0.2, -0.15) is 5.26 Å². The van der Waals surface area contributed by atoms with Crippen molar-refractivity contribution in [3.05, 3.63) is 71.3 Å². The fourth-order valence-electron chi connectivity index (χ4n) is 4.03. The van der Waals surface area contributed by atoms with E-state index in [9.17, 15) is 14.4 Å². The number of primary amides is 1. The van der Waals surface area contributed by atoms with Crippen LogP contribution in [0.15, 0.2) is 54.6 Å². The lowest BCUT2D eigenvalue weighted by Gasteiger charge is -2.38. The van der Waals surface area contributed by atoms with E-state index in [1.807, 2.05) is 36.4 Å². The number of carbonyl (C=O) groups excluding carboxylic acids is 3. The maximum absolute atomic E-state index is 13.0. The summed E-state index contributed by atoms with van der Waals surface area (Å²) in [5.41, 5.74) is 7.49. The van der Waals surface area contributed by atoms with Gasteiger partial charge in [0.2, 0.25) is 0 Å². The lowest BCUT2D eigenvalue weighted by Crippen LogP contribution is -2.61. The lowest BCUT2D eigenvalue weighted by atomic mass is 9.96. The van der Waals surface area contributed by atoms with Crippen molar-refractivity contribution in [3.8, 4) is 6.07 Å². The van der Waals surface area contributed by atoms with E-state index in [0.717, 1.165) is 11.1 Å². The van der Waals surface area contributed by atoms with Gasteiger partial charge < -0.3 is 5.73 Å². The first-order chi connectivity index (χ1) is 13.5. The molecule has 1 aliphatic rings. The minimum absolute atomic E-state index is 0.0714.